The minimum atomic E-state index is -1.03. The highest BCUT2D eigenvalue weighted by Gasteiger charge is 2.25. The van der Waals surface area contributed by atoms with Crippen molar-refractivity contribution in [1.82, 2.24) is 0 Å². The van der Waals surface area contributed by atoms with Crippen molar-refractivity contribution in [3.8, 4) is 0 Å². The van der Waals surface area contributed by atoms with E-state index >= 15 is 0 Å². The van der Waals surface area contributed by atoms with Crippen molar-refractivity contribution < 1.29 is 34.2 Å². The Labute approximate surface area is 245 Å². The molecule has 0 fully saturated rings. The van der Waals surface area contributed by atoms with Gasteiger partial charge in [-0.15, -0.1) is 0 Å². The molecule has 0 amide bonds. The number of hydrogen-bond acceptors (Lipinski definition) is 4. The van der Waals surface area contributed by atoms with Gasteiger partial charge in [0, 0.05) is 25.2 Å². The Bertz CT molecular complexity index is 608. The summed E-state index contributed by atoms with van der Waals surface area (Å²) in [7, 11) is 0. The first-order chi connectivity index (χ1) is 19.3. The van der Waals surface area contributed by atoms with Gasteiger partial charge in [-0.2, -0.15) is 0 Å². The molecule has 2 N–H and O–H groups in total. The molecule has 0 aromatic rings. The smallest absolute Gasteiger partial charge is 0.303 e. The highest BCUT2D eigenvalue weighted by atomic mass is 16.4. The van der Waals surface area contributed by atoms with Gasteiger partial charge in [-0.3, -0.25) is 9.59 Å². The largest absolute Gasteiger partial charge is 0.550 e. The quantitative estimate of drug-likeness (QED) is 0.0517. The number of hydrogen-bond donors (Lipinski definition) is 2. The summed E-state index contributed by atoms with van der Waals surface area (Å²) in [4.78, 5) is 32.8. The van der Waals surface area contributed by atoms with Crippen molar-refractivity contribution in [2.75, 3.05) is 26.2 Å². The van der Waals surface area contributed by atoms with Crippen LogP contribution in [0, 0.1) is 0 Å². The highest BCUT2D eigenvalue weighted by Crippen LogP contribution is 2.18. The van der Waals surface area contributed by atoms with E-state index in [1.807, 2.05) is 0 Å². The topological polar surface area (TPSA) is 115 Å². The summed E-state index contributed by atoms with van der Waals surface area (Å²) in [6.07, 6.45) is 27.3. The molecular weight excluding hydrogens is 506 g/mol. The summed E-state index contributed by atoms with van der Waals surface area (Å²) in [5.41, 5.74) is 0. The Kier molecular flexibility index (Phi) is 26.0. The molecule has 7 nitrogen and oxygen atoms in total. The van der Waals surface area contributed by atoms with E-state index in [2.05, 4.69) is 19.1 Å². The van der Waals surface area contributed by atoms with Gasteiger partial charge in [0.15, 0.2) is 0 Å². The second-order valence-electron chi connectivity index (χ2n) is 11.7. The summed E-state index contributed by atoms with van der Waals surface area (Å²) < 4.78 is 0.801. The fourth-order valence-electron chi connectivity index (χ4n) is 5.52. The molecule has 0 heterocycles. The number of aliphatic carboxylic acids is 3. The summed E-state index contributed by atoms with van der Waals surface area (Å²) in [5, 5.41) is 28.9. The Morgan fingerprint density at radius 1 is 0.525 bits per heavy atom. The number of carbonyl (C=O) groups excluding carboxylic acids is 1. The van der Waals surface area contributed by atoms with E-state index < -0.39 is 17.9 Å². The van der Waals surface area contributed by atoms with Crippen LogP contribution in [0.5, 0.6) is 0 Å². The molecule has 0 aliphatic rings. The number of quaternary nitrogens is 1. The molecule has 0 spiro atoms. The van der Waals surface area contributed by atoms with E-state index in [4.69, 9.17) is 10.2 Å². The molecule has 0 aromatic heterocycles. The number of rotatable bonds is 31. The molecule has 0 unspecified atom stereocenters. The monoisotopic (exact) mass is 567 g/mol. The standard InChI is InChI=1S/C33H61NO6/c1-2-3-4-5-6-7-8-9-10-11-12-13-14-15-16-20-27-34(28-21-17-24-31(35)36,29-22-18-25-32(37)38)30-23-19-26-33(39)40/h15-16H,2-14,17-30H2,1H3,(H2-,35,36,37,38,39,40)/b16-15+. The fraction of sp³-hybridized carbons (Fsp3) is 0.848. The third kappa shape index (κ3) is 26.3. The predicted octanol–water partition coefficient (Wildman–Crippen LogP) is 7.27. The number of carboxylic acid groups (broad SMARTS) is 3. The number of allylic oxidation sites excluding steroid dienone is 1. The molecule has 234 valence electrons. The van der Waals surface area contributed by atoms with Gasteiger partial charge in [-0.05, 0) is 57.8 Å². The van der Waals surface area contributed by atoms with Crippen molar-refractivity contribution in [2.45, 2.75) is 155 Å². The number of carboxylic acids is 3. The van der Waals surface area contributed by atoms with Crippen molar-refractivity contribution in [2.24, 2.45) is 0 Å². The normalized spacial score (nSPS) is 11.8. The molecule has 7 heteroatoms. The van der Waals surface area contributed by atoms with Gasteiger partial charge in [0.2, 0.25) is 0 Å². The van der Waals surface area contributed by atoms with E-state index in [-0.39, 0.29) is 19.3 Å². The Hall–Kier alpha value is -1.89. The van der Waals surface area contributed by atoms with Crippen LogP contribution >= 0.6 is 0 Å². The maximum atomic E-state index is 11.0. The molecule has 0 aromatic carbocycles. The molecule has 0 bridgehead atoms. The predicted molar refractivity (Wildman–Crippen MR) is 161 cm³/mol. The third-order valence-corrected chi connectivity index (χ3v) is 7.97. The van der Waals surface area contributed by atoms with Crippen LogP contribution in [0.25, 0.3) is 0 Å². The second kappa shape index (κ2) is 27.3. The molecule has 0 atom stereocenters. The zero-order valence-electron chi connectivity index (χ0n) is 25.7. The van der Waals surface area contributed by atoms with Gasteiger partial charge in [-0.25, -0.2) is 0 Å². The summed E-state index contributed by atoms with van der Waals surface area (Å²) >= 11 is 0. The molecule has 0 saturated carbocycles. The van der Waals surface area contributed by atoms with Crippen molar-refractivity contribution in [3.05, 3.63) is 12.2 Å². The van der Waals surface area contributed by atoms with Crippen molar-refractivity contribution in [1.29, 1.82) is 0 Å². The summed E-state index contributed by atoms with van der Waals surface area (Å²) in [5.74, 6) is -2.59. The van der Waals surface area contributed by atoms with E-state index in [1.54, 1.807) is 0 Å². The minimum absolute atomic E-state index is 0.0526. The third-order valence-electron chi connectivity index (χ3n) is 7.97. The molecule has 0 aliphatic heterocycles. The van der Waals surface area contributed by atoms with Crippen molar-refractivity contribution in [3.63, 3.8) is 0 Å². The summed E-state index contributed by atoms with van der Waals surface area (Å²) in [6, 6.07) is 0. The number of nitrogens with zero attached hydrogens (tertiary/aromatic N) is 1. The van der Waals surface area contributed by atoms with Crippen LogP contribution in [0.4, 0.5) is 0 Å². The van der Waals surface area contributed by atoms with Crippen LogP contribution < -0.4 is 5.11 Å². The minimum Gasteiger partial charge on any atom is -0.550 e. The van der Waals surface area contributed by atoms with E-state index in [1.165, 1.54) is 77.0 Å². The first-order valence-corrected chi connectivity index (χ1v) is 16.4. The Morgan fingerprint density at radius 3 is 1.35 bits per heavy atom. The first kappa shape index (κ1) is 38.1. The fourth-order valence-corrected chi connectivity index (χ4v) is 5.52. The Morgan fingerprint density at radius 2 is 0.925 bits per heavy atom. The van der Waals surface area contributed by atoms with E-state index in [0.29, 0.717) is 19.3 Å². The zero-order valence-corrected chi connectivity index (χ0v) is 25.7. The zero-order chi connectivity index (χ0) is 29.7. The lowest BCUT2D eigenvalue weighted by molar-refractivity contribution is -0.928. The molecule has 0 aliphatic carbocycles. The molecule has 0 rings (SSSR count). The van der Waals surface area contributed by atoms with Gasteiger partial charge < -0.3 is 24.6 Å². The van der Waals surface area contributed by atoms with E-state index in [9.17, 15) is 19.5 Å². The van der Waals surface area contributed by atoms with Gasteiger partial charge >= 0.3 is 11.9 Å². The highest BCUT2D eigenvalue weighted by molar-refractivity contribution is 5.66. The van der Waals surface area contributed by atoms with Crippen molar-refractivity contribution >= 4 is 17.9 Å². The van der Waals surface area contributed by atoms with E-state index in [0.717, 1.165) is 62.8 Å². The van der Waals surface area contributed by atoms with Crippen LogP contribution in [-0.2, 0) is 14.4 Å². The average molecular weight is 568 g/mol. The maximum Gasteiger partial charge on any atom is 0.303 e. The first-order valence-electron chi connectivity index (χ1n) is 16.4. The number of carbonyl (C=O) groups is 3. The Balaban J connectivity index is 4.51. The van der Waals surface area contributed by atoms with Gasteiger partial charge in [-0.1, -0.05) is 89.7 Å². The summed E-state index contributed by atoms with van der Waals surface area (Å²) in [6.45, 7) is 5.70. The molecule has 0 radical (unpaired) electrons. The SMILES string of the molecule is CCCCCCCCCCCCCC/C=C/CC[N+](CCCCC(=O)[O-])(CCCCC(=O)O)CCCCC(=O)O. The van der Waals surface area contributed by atoms with Crippen LogP contribution in [-0.4, -0.2) is 58.8 Å². The van der Waals surface area contributed by atoms with Gasteiger partial charge in [0.05, 0.1) is 26.2 Å². The van der Waals surface area contributed by atoms with Crippen LogP contribution in [0.3, 0.4) is 0 Å². The van der Waals surface area contributed by atoms with Crippen LogP contribution in [0.15, 0.2) is 12.2 Å². The van der Waals surface area contributed by atoms with Gasteiger partial charge in [0.1, 0.15) is 0 Å². The van der Waals surface area contributed by atoms with Gasteiger partial charge in [0.25, 0.3) is 0 Å². The molecule has 40 heavy (non-hydrogen) atoms. The second-order valence-corrected chi connectivity index (χ2v) is 11.7. The van der Waals surface area contributed by atoms with Crippen LogP contribution in [0.2, 0.25) is 0 Å². The maximum absolute atomic E-state index is 11.0. The number of unbranched alkanes of at least 4 members (excludes halogenated alkanes) is 15. The lowest BCUT2D eigenvalue weighted by atomic mass is 10.0. The molecular formula is C33H61NO6. The average Bonchev–Trinajstić information content (AvgIpc) is 2.91. The lowest BCUT2D eigenvalue weighted by Crippen LogP contribution is -2.50. The lowest BCUT2D eigenvalue weighted by Gasteiger charge is -2.39. The molecule has 0 saturated heterocycles. The van der Waals surface area contributed by atoms with Crippen LogP contribution in [0.1, 0.15) is 155 Å².